The normalized spacial score (nSPS) is 25.6. The number of hydrazine groups is 1. The van der Waals surface area contributed by atoms with E-state index >= 15 is 0 Å². The third-order valence-electron chi connectivity index (χ3n) is 5.08. The summed E-state index contributed by atoms with van der Waals surface area (Å²) in [5.41, 5.74) is 8.59. The van der Waals surface area contributed by atoms with Crippen LogP contribution in [0.5, 0.6) is 0 Å². The van der Waals surface area contributed by atoms with Gasteiger partial charge in [-0.3, -0.25) is 19.7 Å². The molecule has 2 aromatic heterocycles. The molecule has 2 aromatic rings. The van der Waals surface area contributed by atoms with Crippen LogP contribution in [0.3, 0.4) is 0 Å². The number of nitrogens with two attached hydrogens (primary N) is 2. The topological polar surface area (TPSA) is 198 Å². The Hall–Kier alpha value is -2.42. The number of hydrogen-bond acceptors (Lipinski definition) is 11. The minimum absolute atomic E-state index is 0.0122. The summed E-state index contributed by atoms with van der Waals surface area (Å²) in [7, 11) is 1.62. The van der Waals surface area contributed by atoms with Crippen molar-refractivity contribution >= 4 is 22.9 Å². The smallest absolute Gasteiger partial charge is 0.235 e. The molecule has 1 fully saturated rings. The highest BCUT2D eigenvalue weighted by atomic mass is 16.6. The second-order valence-electron chi connectivity index (χ2n) is 7.02. The van der Waals surface area contributed by atoms with Gasteiger partial charge < -0.3 is 25.8 Å². The summed E-state index contributed by atoms with van der Waals surface area (Å²) >= 11 is 0. The monoisotopic (exact) mass is 410 g/mol. The Morgan fingerprint density at radius 2 is 2.14 bits per heavy atom. The van der Waals surface area contributed by atoms with Crippen molar-refractivity contribution in [3.05, 3.63) is 12.2 Å². The number of nitrogens with one attached hydrogen (secondary N) is 1. The minimum Gasteiger partial charge on any atom is -0.388 e. The van der Waals surface area contributed by atoms with Crippen molar-refractivity contribution in [3.63, 3.8) is 0 Å². The molecule has 0 aromatic carbocycles. The summed E-state index contributed by atoms with van der Waals surface area (Å²) in [6.07, 6.45) is -3.95. The number of aliphatic hydroxyl groups is 3. The number of carbonyl (C=O) groups is 1. The number of aromatic nitrogens is 4. The largest absolute Gasteiger partial charge is 0.388 e. The van der Waals surface area contributed by atoms with Crippen LogP contribution in [0.4, 0.5) is 5.82 Å². The Labute approximate surface area is 166 Å². The summed E-state index contributed by atoms with van der Waals surface area (Å²) in [4.78, 5) is 25.1. The summed E-state index contributed by atoms with van der Waals surface area (Å²) in [5, 5.41) is 31.4. The van der Waals surface area contributed by atoms with Gasteiger partial charge in [0.1, 0.15) is 30.6 Å². The highest BCUT2D eigenvalue weighted by Crippen LogP contribution is 2.35. The second-order valence-corrected chi connectivity index (χ2v) is 7.02. The van der Waals surface area contributed by atoms with Crippen molar-refractivity contribution in [2.24, 2.45) is 5.84 Å². The van der Waals surface area contributed by atoms with Crippen LogP contribution in [0.25, 0.3) is 11.2 Å². The Kier molecular flexibility index (Phi) is 6.26. The summed E-state index contributed by atoms with van der Waals surface area (Å²) in [6.45, 7) is 1.95. The van der Waals surface area contributed by atoms with Crippen LogP contribution in [0.2, 0.25) is 0 Å². The fourth-order valence-electron chi connectivity index (χ4n) is 3.36. The van der Waals surface area contributed by atoms with E-state index in [1.54, 1.807) is 18.5 Å². The van der Waals surface area contributed by atoms with Gasteiger partial charge in [0.25, 0.3) is 0 Å². The molecule has 0 spiro atoms. The summed E-state index contributed by atoms with van der Waals surface area (Å²) in [5.74, 6) is 5.35. The van der Waals surface area contributed by atoms with E-state index in [2.05, 4.69) is 15.0 Å². The molecule has 5 atom stereocenters. The molecule has 1 aliphatic heterocycles. The number of carbonyl (C=O) groups excluding carboxylic acids is 1. The molecular formula is C16H26N8O5. The molecule has 1 aliphatic rings. The molecule has 0 radical (unpaired) electrons. The minimum atomic E-state index is -1.27. The van der Waals surface area contributed by atoms with Gasteiger partial charge in [0.15, 0.2) is 23.2 Å². The Morgan fingerprint density at radius 1 is 1.41 bits per heavy atom. The van der Waals surface area contributed by atoms with Crippen LogP contribution < -0.4 is 17.0 Å². The SMILES string of the molecule is Cc1nc2c(N)ncnc2n1[C@@H]1O[C@H](CC(O)N(C)CCC(=O)NN)[C@@H](O)[C@H]1O. The van der Waals surface area contributed by atoms with Gasteiger partial charge in [0.2, 0.25) is 5.91 Å². The number of hydrogen-bond donors (Lipinski definition) is 6. The van der Waals surface area contributed by atoms with Crippen LogP contribution in [0, 0.1) is 6.92 Å². The molecule has 0 aliphatic carbocycles. The Morgan fingerprint density at radius 3 is 2.83 bits per heavy atom. The van der Waals surface area contributed by atoms with E-state index in [1.165, 1.54) is 11.2 Å². The van der Waals surface area contributed by atoms with E-state index in [4.69, 9.17) is 16.3 Å². The maximum Gasteiger partial charge on any atom is 0.235 e. The van der Waals surface area contributed by atoms with E-state index in [1.807, 2.05) is 5.43 Å². The van der Waals surface area contributed by atoms with Gasteiger partial charge in [-0.05, 0) is 14.0 Å². The Balaban J connectivity index is 1.73. The number of ether oxygens (including phenoxy) is 1. The lowest BCUT2D eigenvalue weighted by molar-refractivity contribution is -0.122. The highest BCUT2D eigenvalue weighted by molar-refractivity contribution is 5.81. The van der Waals surface area contributed by atoms with Crippen molar-refractivity contribution < 1.29 is 24.9 Å². The lowest BCUT2D eigenvalue weighted by atomic mass is 10.1. The van der Waals surface area contributed by atoms with Gasteiger partial charge in [0.05, 0.1) is 6.10 Å². The van der Waals surface area contributed by atoms with Gasteiger partial charge in [-0.25, -0.2) is 20.8 Å². The Bertz CT molecular complexity index is 876. The van der Waals surface area contributed by atoms with Crippen LogP contribution in [-0.4, -0.2) is 83.8 Å². The third kappa shape index (κ3) is 4.14. The van der Waals surface area contributed by atoms with E-state index in [0.717, 1.165) is 0 Å². The fourth-order valence-corrected chi connectivity index (χ4v) is 3.36. The maximum absolute atomic E-state index is 11.2. The second kappa shape index (κ2) is 8.52. The molecule has 0 bridgehead atoms. The zero-order valence-electron chi connectivity index (χ0n) is 16.1. The van der Waals surface area contributed by atoms with Crippen molar-refractivity contribution in [2.45, 2.75) is 50.5 Å². The molecule has 3 heterocycles. The molecule has 13 heteroatoms. The van der Waals surface area contributed by atoms with Crippen LogP contribution in [-0.2, 0) is 9.53 Å². The molecule has 1 saturated heterocycles. The van der Waals surface area contributed by atoms with E-state index in [0.29, 0.717) is 17.0 Å². The van der Waals surface area contributed by atoms with Crippen LogP contribution >= 0.6 is 0 Å². The van der Waals surface area contributed by atoms with Crippen molar-refractivity contribution in [3.8, 4) is 0 Å². The summed E-state index contributed by atoms with van der Waals surface area (Å²) in [6, 6.07) is 0. The molecule has 13 nitrogen and oxygen atoms in total. The fraction of sp³-hybridized carbons (Fsp3) is 0.625. The number of imidazole rings is 1. The standard InChI is InChI=1S/C16H26N8O5/c1-7-21-11-14(17)19-6-20-15(11)24(7)16-13(28)12(27)8(29-16)5-10(26)23(2)4-3-9(25)22-18/h6,8,10,12-13,16,26-28H,3-5,18H2,1-2H3,(H,22,25)(H2,17,19,20)/t8-,10?,12-,13-,16-/m1/s1. The average Bonchev–Trinajstić information content (AvgIpc) is 3.17. The molecule has 8 N–H and O–H groups in total. The van der Waals surface area contributed by atoms with Crippen molar-refractivity contribution in [2.75, 3.05) is 19.3 Å². The van der Waals surface area contributed by atoms with Gasteiger partial charge in [-0.15, -0.1) is 0 Å². The first kappa shape index (κ1) is 21.3. The first-order valence-corrected chi connectivity index (χ1v) is 9.09. The van der Waals surface area contributed by atoms with E-state index < -0.39 is 30.8 Å². The molecule has 29 heavy (non-hydrogen) atoms. The van der Waals surface area contributed by atoms with Gasteiger partial charge >= 0.3 is 0 Å². The third-order valence-corrected chi connectivity index (χ3v) is 5.08. The van der Waals surface area contributed by atoms with Gasteiger partial charge in [-0.1, -0.05) is 0 Å². The number of amides is 1. The zero-order valence-corrected chi connectivity index (χ0v) is 16.1. The van der Waals surface area contributed by atoms with Gasteiger partial charge in [-0.2, -0.15) is 0 Å². The van der Waals surface area contributed by atoms with Gasteiger partial charge in [0, 0.05) is 19.4 Å². The predicted octanol–water partition coefficient (Wildman–Crippen LogP) is -2.64. The number of rotatable bonds is 7. The number of nitrogens with zero attached hydrogens (tertiary/aromatic N) is 5. The van der Waals surface area contributed by atoms with Crippen LogP contribution in [0.1, 0.15) is 24.9 Å². The molecule has 3 rings (SSSR count). The van der Waals surface area contributed by atoms with Crippen molar-refractivity contribution in [1.29, 1.82) is 0 Å². The predicted molar refractivity (Wildman–Crippen MR) is 101 cm³/mol. The number of anilines is 1. The van der Waals surface area contributed by atoms with Crippen molar-refractivity contribution in [1.82, 2.24) is 29.8 Å². The average molecular weight is 410 g/mol. The summed E-state index contributed by atoms with van der Waals surface area (Å²) < 4.78 is 7.41. The molecule has 1 unspecified atom stereocenters. The lowest BCUT2D eigenvalue weighted by Gasteiger charge is -2.26. The number of aryl methyl sites for hydroxylation is 1. The van der Waals surface area contributed by atoms with E-state index in [9.17, 15) is 20.1 Å². The molecular weight excluding hydrogens is 384 g/mol. The number of nitrogen functional groups attached to an aromatic ring is 1. The molecule has 0 saturated carbocycles. The molecule has 1 amide bonds. The number of fused-ring (bicyclic) bond motifs is 1. The maximum atomic E-state index is 11.2. The first-order chi connectivity index (χ1) is 13.7. The quantitative estimate of drug-likeness (QED) is 0.121. The van der Waals surface area contributed by atoms with E-state index in [-0.39, 0.29) is 31.1 Å². The molecule has 160 valence electrons. The highest BCUT2D eigenvalue weighted by Gasteiger charge is 2.45. The number of aliphatic hydroxyl groups excluding tert-OH is 3. The first-order valence-electron chi connectivity index (χ1n) is 9.09. The van der Waals surface area contributed by atoms with Crippen LogP contribution in [0.15, 0.2) is 6.33 Å². The zero-order chi connectivity index (χ0) is 21.3. The lowest BCUT2D eigenvalue weighted by Crippen LogP contribution is -2.41.